The molecule has 0 radical (unpaired) electrons. The van der Waals surface area contributed by atoms with E-state index in [4.69, 9.17) is 0 Å². The van der Waals surface area contributed by atoms with Gasteiger partial charge in [0, 0.05) is 0 Å². The zero-order valence-electron chi connectivity index (χ0n) is 4.08. The summed E-state index contributed by atoms with van der Waals surface area (Å²) >= 11 is 1.36. The molecule has 0 heterocycles. The van der Waals surface area contributed by atoms with Crippen molar-refractivity contribution in [1.82, 2.24) is 0 Å². The molecule has 0 aliphatic rings. The fourth-order valence-electron chi connectivity index (χ4n) is 0. The van der Waals surface area contributed by atoms with E-state index in [2.05, 4.69) is 20.8 Å². The SMILES string of the molecule is C[C](C)(C)[SbH2]. The van der Waals surface area contributed by atoms with Gasteiger partial charge in [-0.05, 0) is 0 Å². The van der Waals surface area contributed by atoms with Crippen LogP contribution in [0.15, 0.2) is 0 Å². The first-order chi connectivity index (χ1) is 2.00. The van der Waals surface area contributed by atoms with Crippen LogP contribution in [0.5, 0.6) is 0 Å². The van der Waals surface area contributed by atoms with Crippen molar-refractivity contribution in [3.05, 3.63) is 0 Å². The third kappa shape index (κ3) is 57.2. The van der Waals surface area contributed by atoms with Crippen molar-refractivity contribution in [2.45, 2.75) is 24.1 Å². The Morgan fingerprint density at radius 3 is 1.20 bits per heavy atom. The van der Waals surface area contributed by atoms with Gasteiger partial charge in [0.05, 0.1) is 0 Å². The second kappa shape index (κ2) is 1.51. The Hall–Kier alpha value is 0.818. The van der Waals surface area contributed by atoms with E-state index >= 15 is 0 Å². The molecule has 0 saturated heterocycles. The van der Waals surface area contributed by atoms with Crippen LogP contribution >= 0.6 is 0 Å². The molecule has 0 atom stereocenters. The van der Waals surface area contributed by atoms with Crippen molar-refractivity contribution in [2.24, 2.45) is 0 Å². The van der Waals surface area contributed by atoms with Gasteiger partial charge >= 0.3 is 47.2 Å². The Kier molecular flexibility index (Phi) is 1.76. The molecule has 0 fully saturated rings. The molecule has 0 N–H and O–H groups in total. The molecule has 0 nitrogen and oxygen atoms in total. The van der Waals surface area contributed by atoms with Crippen LogP contribution in [0.3, 0.4) is 0 Å². The Balaban J connectivity index is 3.02. The van der Waals surface area contributed by atoms with E-state index in [1.165, 1.54) is 23.0 Å². The maximum atomic E-state index is 2.25. The zero-order valence-corrected chi connectivity index (χ0v) is 7.37. The molecule has 0 aliphatic carbocycles. The molecule has 0 rings (SSSR count). The molecule has 0 aliphatic heterocycles. The van der Waals surface area contributed by atoms with Gasteiger partial charge in [-0.1, -0.05) is 0 Å². The molecule has 0 aromatic carbocycles. The van der Waals surface area contributed by atoms with E-state index in [-0.39, 0.29) is 0 Å². The van der Waals surface area contributed by atoms with Gasteiger partial charge in [0.1, 0.15) is 0 Å². The quantitative estimate of drug-likeness (QED) is 0.485. The Bertz CT molecular complexity index is 19.1. The Morgan fingerprint density at radius 1 is 1.20 bits per heavy atom. The summed E-state index contributed by atoms with van der Waals surface area (Å²) < 4.78 is 0.630. The van der Waals surface area contributed by atoms with Gasteiger partial charge in [-0.15, -0.1) is 0 Å². The predicted molar refractivity (Wildman–Crippen MR) is 28.3 cm³/mol. The van der Waals surface area contributed by atoms with E-state index in [9.17, 15) is 0 Å². The molecule has 1 heteroatoms. The van der Waals surface area contributed by atoms with Crippen LogP contribution in [0.25, 0.3) is 0 Å². The molecule has 32 valence electrons. The van der Waals surface area contributed by atoms with Crippen molar-refractivity contribution < 1.29 is 0 Å². The summed E-state index contributed by atoms with van der Waals surface area (Å²) in [6.45, 7) is 6.74. The Morgan fingerprint density at radius 2 is 1.20 bits per heavy atom. The van der Waals surface area contributed by atoms with Crippen LogP contribution in [0.2, 0.25) is 3.36 Å². The first-order valence-electron chi connectivity index (χ1n) is 1.79. The minimum absolute atomic E-state index is 0.630. The van der Waals surface area contributed by atoms with Gasteiger partial charge in [-0.25, -0.2) is 0 Å². The summed E-state index contributed by atoms with van der Waals surface area (Å²) in [6, 6.07) is 0. The van der Waals surface area contributed by atoms with Crippen LogP contribution in [0.4, 0.5) is 0 Å². The van der Waals surface area contributed by atoms with Gasteiger partial charge in [-0.2, -0.15) is 0 Å². The van der Waals surface area contributed by atoms with E-state index in [1.54, 1.807) is 0 Å². The van der Waals surface area contributed by atoms with E-state index < -0.39 is 0 Å². The van der Waals surface area contributed by atoms with Gasteiger partial charge in [0.25, 0.3) is 0 Å². The van der Waals surface area contributed by atoms with Crippen molar-refractivity contribution >= 4 is 23.0 Å². The van der Waals surface area contributed by atoms with Gasteiger partial charge in [0.2, 0.25) is 0 Å². The fraction of sp³-hybridized carbons (Fsp3) is 1.00. The average Bonchev–Trinajstić information content (AvgIpc) is 0.722. The standard InChI is InChI=1S/C4H9.Sb.2H/c1-4(2)3;;;/h1-3H3;;;. The van der Waals surface area contributed by atoms with Gasteiger partial charge < -0.3 is 0 Å². The normalized spacial score (nSPS) is 12.0. The van der Waals surface area contributed by atoms with Crippen molar-refractivity contribution in [2.75, 3.05) is 0 Å². The summed E-state index contributed by atoms with van der Waals surface area (Å²) in [4.78, 5) is 0. The van der Waals surface area contributed by atoms with Crippen LogP contribution in [0, 0.1) is 0 Å². The molecule has 0 unspecified atom stereocenters. The van der Waals surface area contributed by atoms with E-state index in [1.807, 2.05) is 0 Å². The zero-order chi connectivity index (χ0) is 4.50. The van der Waals surface area contributed by atoms with Crippen molar-refractivity contribution in [3.63, 3.8) is 0 Å². The molecule has 0 saturated carbocycles. The minimum atomic E-state index is 0.630. The number of rotatable bonds is 0. The van der Waals surface area contributed by atoms with Crippen LogP contribution in [0.1, 0.15) is 20.8 Å². The number of hydrogen-bond donors (Lipinski definition) is 0. The monoisotopic (exact) mass is 180 g/mol. The first-order valence-corrected chi connectivity index (χ1v) is 3.44. The van der Waals surface area contributed by atoms with E-state index in [0.29, 0.717) is 3.36 Å². The summed E-state index contributed by atoms with van der Waals surface area (Å²) in [5.41, 5.74) is 0. The summed E-state index contributed by atoms with van der Waals surface area (Å²) in [5, 5.41) is 0. The van der Waals surface area contributed by atoms with Crippen LogP contribution < -0.4 is 0 Å². The predicted octanol–water partition coefficient (Wildman–Crippen LogP) is 0.838. The van der Waals surface area contributed by atoms with Crippen LogP contribution in [-0.2, 0) is 0 Å². The first kappa shape index (κ1) is 5.82. The fourth-order valence-corrected chi connectivity index (χ4v) is 0. The molecule has 0 spiro atoms. The number of hydrogen-bond acceptors (Lipinski definition) is 0. The second-order valence-corrected chi connectivity index (χ2v) is 7.31. The molecule has 0 aromatic rings. The molecular weight excluding hydrogens is 170 g/mol. The third-order valence-electron chi connectivity index (χ3n) is 0. The summed E-state index contributed by atoms with van der Waals surface area (Å²) in [7, 11) is 0. The Labute approximate surface area is 47.4 Å². The maximum absolute atomic E-state index is 2.25. The average molecular weight is 181 g/mol. The third-order valence-corrected chi connectivity index (χ3v) is 0. The summed E-state index contributed by atoms with van der Waals surface area (Å²) in [6.07, 6.45) is 0. The molecule has 0 amide bonds. The van der Waals surface area contributed by atoms with Crippen molar-refractivity contribution in [1.29, 1.82) is 0 Å². The van der Waals surface area contributed by atoms with Gasteiger partial charge in [-0.3, -0.25) is 0 Å². The topological polar surface area (TPSA) is 0 Å². The summed E-state index contributed by atoms with van der Waals surface area (Å²) in [5.74, 6) is 0. The molecule has 0 aromatic heterocycles. The van der Waals surface area contributed by atoms with E-state index in [0.717, 1.165) is 0 Å². The second-order valence-electron chi connectivity index (χ2n) is 2.37. The molecule has 5 heavy (non-hydrogen) atoms. The van der Waals surface area contributed by atoms with Gasteiger partial charge in [0.15, 0.2) is 0 Å². The van der Waals surface area contributed by atoms with Crippen molar-refractivity contribution in [3.8, 4) is 0 Å². The molecule has 0 bridgehead atoms. The molecular formula is C4H11Sb. The van der Waals surface area contributed by atoms with Crippen LogP contribution in [-0.4, -0.2) is 23.0 Å².